The Kier molecular flexibility index (Phi) is 4.42. The Labute approximate surface area is 96.7 Å². The van der Waals surface area contributed by atoms with E-state index in [4.69, 9.17) is 9.47 Å². The standard InChI is InChI=1S/C10H12BrNO3/c1-12-9(13)6-15-8-5-3-4-7(14-2)10(8)11/h3-5H,6H2,1-2H3,(H,12,13). The average molecular weight is 274 g/mol. The number of nitrogens with one attached hydrogen (secondary N) is 1. The van der Waals surface area contributed by atoms with E-state index >= 15 is 0 Å². The number of amides is 1. The molecule has 0 saturated heterocycles. The van der Waals surface area contributed by atoms with Crippen LogP contribution >= 0.6 is 15.9 Å². The largest absolute Gasteiger partial charge is 0.495 e. The average Bonchev–Trinajstić information content (AvgIpc) is 2.27. The van der Waals surface area contributed by atoms with Crippen molar-refractivity contribution in [3.63, 3.8) is 0 Å². The lowest BCUT2D eigenvalue weighted by Gasteiger charge is -2.09. The molecule has 1 rings (SSSR count). The summed E-state index contributed by atoms with van der Waals surface area (Å²) in [5.74, 6) is 1.08. The lowest BCUT2D eigenvalue weighted by atomic mass is 10.3. The van der Waals surface area contributed by atoms with Crippen molar-refractivity contribution in [1.29, 1.82) is 0 Å². The van der Waals surface area contributed by atoms with E-state index in [1.165, 1.54) is 0 Å². The first-order chi connectivity index (χ1) is 7.19. The quantitative estimate of drug-likeness (QED) is 0.906. The van der Waals surface area contributed by atoms with E-state index in [9.17, 15) is 4.79 Å². The third-order valence-corrected chi connectivity index (χ3v) is 2.57. The first kappa shape index (κ1) is 11.8. The van der Waals surface area contributed by atoms with Crippen molar-refractivity contribution in [3.05, 3.63) is 22.7 Å². The fraction of sp³-hybridized carbons (Fsp3) is 0.300. The maximum Gasteiger partial charge on any atom is 0.257 e. The highest BCUT2D eigenvalue weighted by molar-refractivity contribution is 9.10. The van der Waals surface area contributed by atoms with Crippen molar-refractivity contribution in [1.82, 2.24) is 5.32 Å². The highest BCUT2D eigenvalue weighted by atomic mass is 79.9. The molecular weight excluding hydrogens is 262 g/mol. The van der Waals surface area contributed by atoms with Crippen LogP contribution in [0.4, 0.5) is 0 Å². The molecule has 0 bridgehead atoms. The van der Waals surface area contributed by atoms with Gasteiger partial charge in [-0.3, -0.25) is 4.79 Å². The molecule has 0 aliphatic rings. The third-order valence-electron chi connectivity index (χ3n) is 1.79. The van der Waals surface area contributed by atoms with E-state index in [0.29, 0.717) is 16.0 Å². The van der Waals surface area contributed by atoms with Gasteiger partial charge in [-0.2, -0.15) is 0 Å². The van der Waals surface area contributed by atoms with Crippen LogP contribution in [0.2, 0.25) is 0 Å². The fourth-order valence-corrected chi connectivity index (χ4v) is 1.52. The van der Waals surface area contributed by atoms with Crippen LogP contribution in [0, 0.1) is 0 Å². The van der Waals surface area contributed by atoms with Crippen LogP contribution in [-0.2, 0) is 4.79 Å². The number of benzene rings is 1. The summed E-state index contributed by atoms with van der Waals surface area (Å²) in [4.78, 5) is 11.0. The van der Waals surface area contributed by atoms with E-state index in [1.54, 1.807) is 32.4 Å². The zero-order valence-corrected chi connectivity index (χ0v) is 10.1. The zero-order valence-electron chi connectivity index (χ0n) is 8.54. The molecule has 1 amide bonds. The van der Waals surface area contributed by atoms with Crippen LogP contribution in [0.15, 0.2) is 22.7 Å². The molecule has 1 N–H and O–H groups in total. The van der Waals surface area contributed by atoms with Crippen LogP contribution in [-0.4, -0.2) is 26.7 Å². The predicted octanol–water partition coefficient (Wildman–Crippen LogP) is 1.58. The fourth-order valence-electron chi connectivity index (χ4n) is 0.975. The van der Waals surface area contributed by atoms with Gasteiger partial charge in [0.05, 0.1) is 7.11 Å². The van der Waals surface area contributed by atoms with Crippen LogP contribution < -0.4 is 14.8 Å². The lowest BCUT2D eigenvalue weighted by Crippen LogP contribution is -2.24. The predicted molar refractivity (Wildman–Crippen MR) is 60.3 cm³/mol. The molecule has 0 atom stereocenters. The molecule has 0 fully saturated rings. The molecule has 5 heteroatoms. The molecule has 82 valence electrons. The highest BCUT2D eigenvalue weighted by Gasteiger charge is 2.08. The van der Waals surface area contributed by atoms with Crippen molar-refractivity contribution >= 4 is 21.8 Å². The molecule has 15 heavy (non-hydrogen) atoms. The second kappa shape index (κ2) is 5.60. The SMILES string of the molecule is CNC(=O)COc1cccc(OC)c1Br. The van der Waals surface area contributed by atoms with Crippen LogP contribution in [0.5, 0.6) is 11.5 Å². The molecule has 1 aromatic carbocycles. The monoisotopic (exact) mass is 273 g/mol. The van der Waals surface area contributed by atoms with Gasteiger partial charge in [0.1, 0.15) is 16.0 Å². The molecule has 4 nitrogen and oxygen atoms in total. The molecule has 0 saturated carbocycles. The molecule has 0 unspecified atom stereocenters. The van der Waals surface area contributed by atoms with Gasteiger partial charge in [0.2, 0.25) is 0 Å². The summed E-state index contributed by atoms with van der Waals surface area (Å²) in [7, 11) is 3.13. The van der Waals surface area contributed by atoms with Gasteiger partial charge in [0, 0.05) is 7.05 Å². The van der Waals surface area contributed by atoms with Crippen LogP contribution in [0.25, 0.3) is 0 Å². The first-order valence-corrected chi connectivity index (χ1v) is 5.14. The molecule has 0 aromatic heterocycles. The minimum atomic E-state index is -0.176. The van der Waals surface area contributed by atoms with Gasteiger partial charge in [-0.1, -0.05) is 6.07 Å². The Bertz CT molecular complexity index is 355. The summed E-state index contributed by atoms with van der Waals surface area (Å²) in [6.45, 7) is -0.0116. The lowest BCUT2D eigenvalue weighted by molar-refractivity contribution is -0.122. The number of rotatable bonds is 4. The second-order valence-corrected chi connectivity index (χ2v) is 3.53. The van der Waals surface area contributed by atoms with Gasteiger partial charge in [0.25, 0.3) is 5.91 Å². The van der Waals surface area contributed by atoms with E-state index in [1.807, 2.05) is 0 Å². The summed E-state index contributed by atoms with van der Waals surface area (Å²) in [6.07, 6.45) is 0. The van der Waals surface area contributed by atoms with E-state index in [2.05, 4.69) is 21.2 Å². The van der Waals surface area contributed by atoms with E-state index in [-0.39, 0.29) is 12.5 Å². The minimum Gasteiger partial charge on any atom is -0.495 e. The molecular formula is C10H12BrNO3. The molecule has 0 aliphatic carbocycles. The Hall–Kier alpha value is -1.23. The maximum atomic E-state index is 11.0. The Morgan fingerprint density at radius 1 is 1.47 bits per heavy atom. The molecule has 0 aliphatic heterocycles. The molecule has 0 spiro atoms. The number of halogens is 1. The summed E-state index contributed by atoms with van der Waals surface area (Å²) < 4.78 is 11.1. The van der Waals surface area contributed by atoms with E-state index in [0.717, 1.165) is 0 Å². The van der Waals surface area contributed by atoms with Gasteiger partial charge in [-0.05, 0) is 28.1 Å². The third kappa shape index (κ3) is 3.13. The zero-order chi connectivity index (χ0) is 11.3. The van der Waals surface area contributed by atoms with Gasteiger partial charge in [0.15, 0.2) is 6.61 Å². The summed E-state index contributed by atoms with van der Waals surface area (Å²) in [5, 5.41) is 2.47. The number of carbonyl (C=O) groups is 1. The maximum absolute atomic E-state index is 11.0. The Morgan fingerprint density at radius 3 is 2.73 bits per heavy atom. The number of ether oxygens (including phenoxy) is 2. The highest BCUT2D eigenvalue weighted by Crippen LogP contribution is 2.33. The second-order valence-electron chi connectivity index (χ2n) is 2.73. The Balaban J connectivity index is 2.73. The van der Waals surface area contributed by atoms with Crippen LogP contribution in [0.3, 0.4) is 0 Å². The summed E-state index contributed by atoms with van der Waals surface area (Å²) in [5.41, 5.74) is 0. The molecule has 1 aromatic rings. The van der Waals surface area contributed by atoms with Gasteiger partial charge < -0.3 is 14.8 Å². The Morgan fingerprint density at radius 2 is 2.13 bits per heavy atom. The van der Waals surface area contributed by atoms with Crippen LogP contribution in [0.1, 0.15) is 0 Å². The van der Waals surface area contributed by atoms with Gasteiger partial charge in [-0.25, -0.2) is 0 Å². The van der Waals surface area contributed by atoms with Crippen molar-refractivity contribution in [2.75, 3.05) is 20.8 Å². The normalized spacial score (nSPS) is 9.53. The topological polar surface area (TPSA) is 47.6 Å². The smallest absolute Gasteiger partial charge is 0.257 e. The summed E-state index contributed by atoms with van der Waals surface area (Å²) in [6, 6.07) is 5.36. The summed E-state index contributed by atoms with van der Waals surface area (Å²) >= 11 is 3.33. The molecule has 0 radical (unpaired) electrons. The molecule has 0 heterocycles. The van der Waals surface area contributed by atoms with Crippen molar-refractivity contribution in [3.8, 4) is 11.5 Å². The number of methoxy groups -OCH3 is 1. The number of hydrogen-bond donors (Lipinski definition) is 1. The number of hydrogen-bond acceptors (Lipinski definition) is 3. The number of carbonyl (C=O) groups excluding carboxylic acids is 1. The van der Waals surface area contributed by atoms with Crippen molar-refractivity contribution < 1.29 is 14.3 Å². The minimum absolute atomic E-state index is 0.0116. The first-order valence-electron chi connectivity index (χ1n) is 4.35. The van der Waals surface area contributed by atoms with Crippen molar-refractivity contribution in [2.45, 2.75) is 0 Å². The van der Waals surface area contributed by atoms with Gasteiger partial charge >= 0.3 is 0 Å². The van der Waals surface area contributed by atoms with Crippen molar-refractivity contribution in [2.24, 2.45) is 0 Å². The van der Waals surface area contributed by atoms with E-state index < -0.39 is 0 Å². The van der Waals surface area contributed by atoms with Gasteiger partial charge in [-0.15, -0.1) is 0 Å². The number of likely N-dealkylation sites (N-methyl/N-ethyl adjacent to an activating group) is 1.